The molecule has 0 radical (unpaired) electrons. The Morgan fingerprint density at radius 1 is 1.15 bits per heavy atom. The molecule has 1 aromatic rings. The number of hydrogen-bond donors (Lipinski definition) is 0. The van der Waals surface area contributed by atoms with Crippen LogP contribution in [0.4, 0.5) is 0 Å². The first-order chi connectivity index (χ1) is 9.00. The van der Waals surface area contributed by atoms with Gasteiger partial charge < -0.3 is 9.47 Å². The quantitative estimate of drug-likeness (QED) is 0.721. The van der Waals surface area contributed by atoms with Crippen molar-refractivity contribution in [3.63, 3.8) is 0 Å². The lowest BCUT2D eigenvalue weighted by Crippen LogP contribution is -2.29. The Hall–Kier alpha value is -0.780. The minimum absolute atomic E-state index is 0. The highest BCUT2D eigenvalue weighted by atomic mass is 127. The molecule has 0 N–H and O–H groups in total. The van der Waals surface area contributed by atoms with Gasteiger partial charge in [-0.2, -0.15) is 0 Å². The highest BCUT2D eigenvalue weighted by molar-refractivity contribution is 14.0. The number of hydrogen-bond acceptors (Lipinski definition) is 3. The molecule has 0 fully saturated rings. The number of halogens is 1. The molecular weight excluding hydrogens is 365 g/mol. The summed E-state index contributed by atoms with van der Waals surface area (Å²) in [7, 11) is 3.35. The van der Waals surface area contributed by atoms with Gasteiger partial charge in [-0.3, -0.25) is 4.99 Å². The molecule has 1 aromatic carbocycles. The predicted molar refractivity (Wildman–Crippen MR) is 94.2 cm³/mol. The van der Waals surface area contributed by atoms with E-state index in [9.17, 15) is 0 Å². The Morgan fingerprint density at radius 3 is 2.30 bits per heavy atom. The first-order valence-electron chi connectivity index (χ1n) is 6.84. The van der Waals surface area contributed by atoms with Crippen molar-refractivity contribution in [2.24, 2.45) is 4.99 Å². The maximum absolute atomic E-state index is 5.40. The molecule has 0 atom stereocenters. The van der Waals surface area contributed by atoms with Crippen LogP contribution in [0.1, 0.15) is 44.7 Å². The Bertz CT molecular complexity index is 509. The maximum atomic E-state index is 5.40. The number of fused-ring (bicyclic) bond motifs is 1. The van der Waals surface area contributed by atoms with Gasteiger partial charge in [0.25, 0.3) is 0 Å². The van der Waals surface area contributed by atoms with Gasteiger partial charge in [-0.1, -0.05) is 13.3 Å². The Morgan fingerprint density at radius 2 is 1.75 bits per heavy atom. The molecule has 1 aliphatic rings. The topological polar surface area (TPSA) is 30.8 Å². The summed E-state index contributed by atoms with van der Waals surface area (Å²) >= 11 is 0. The molecule has 0 aromatic heterocycles. The molecule has 0 spiro atoms. The molecule has 112 valence electrons. The molecule has 4 heteroatoms. The molecule has 20 heavy (non-hydrogen) atoms. The fraction of sp³-hybridized carbons (Fsp3) is 0.562. The summed E-state index contributed by atoms with van der Waals surface area (Å²) in [6.45, 7) is 6.55. The van der Waals surface area contributed by atoms with E-state index >= 15 is 0 Å². The van der Waals surface area contributed by atoms with Gasteiger partial charge in [-0.05, 0) is 44.4 Å². The molecule has 0 bridgehead atoms. The van der Waals surface area contributed by atoms with E-state index in [-0.39, 0.29) is 29.5 Å². The van der Waals surface area contributed by atoms with E-state index in [1.165, 1.54) is 16.8 Å². The molecular formula is C16H24INO2. The van der Waals surface area contributed by atoms with Crippen molar-refractivity contribution >= 4 is 29.7 Å². The van der Waals surface area contributed by atoms with E-state index in [0.717, 1.165) is 30.8 Å². The fourth-order valence-corrected chi connectivity index (χ4v) is 2.69. The van der Waals surface area contributed by atoms with E-state index in [2.05, 4.69) is 32.9 Å². The van der Waals surface area contributed by atoms with Crippen LogP contribution < -0.4 is 9.47 Å². The van der Waals surface area contributed by atoms with Crippen LogP contribution in [0, 0.1) is 0 Å². The molecule has 3 nitrogen and oxygen atoms in total. The largest absolute Gasteiger partial charge is 0.493 e. The molecule has 0 saturated heterocycles. The van der Waals surface area contributed by atoms with Gasteiger partial charge in [0.15, 0.2) is 11.5 Å². The van der Waals surface area contributed by atoms with Gasteiger partial charge in [0.1, 0.15) is 0 Å². The molecule has 2 rings (SSSR count). The second-order valence-electron chi connectivity index (χ2n) is 5.66. The van der Waals surface area contributed by atoms with E-state index < -0.39 is 0 Å². The Balaban J connectivity index is 0.00000200. The third-order valence-electron chi connectivity index (χ3n) is 3.47. The Labute approximate surface area is 138 Å². The monoisotopic (exact) mass is 389 g/mol. The van der Waals surface area contributed by atoms with Crippen LogP contribution in [0.5, 0.6) is 11.5 Å². The summed E-state index contributed by atoms with van der Waals surface area (Å²) in [4.78, 5) is 4.90. The van der Waals surface area contributed by atoms with E-state index in [0.29, 0.717) is 0 Å². The van der Waals surface area contributed by atoms with Crippen molar-refractivity contribution < 1.29 is 9.47 Å². The van der Waals surface area contributed by atoms with Gasteiger partial charge in [-0.25, -0.2) is 0 Å². The minimum atomic E-state index is -0.0307. The van der Waals surface area contributed by atoms with Crippen LogP contribution in [0.15, 0.2) is 17.1 Å². The summed E-state index contributed by atoms with van der Waals surface area (Å²) in [5, 5.41) is 0. The van der Waals surface area contributed by atoms with Crippen molar-refractivity contribution in [3.05, 3.63) is 23.3 Å². The zero-order valence-corrected chi connectivity index (χ0v) is 15.3. The van der Waals surface area contributed by atoms with Crippen LogP contribution in [0.25, 0.3) is 0 Å². The van der Waals surface area contributed by atoms with E-state index in [1.807, 2.05) is 0 Å². The van der Waals surface area contributed by atoms with Gasteiger partial charge in [0.05, 0.1) is 19.8 Å². The van der Waals surface area contributed by atoms with Crippen LogP contribution >= 0.6 is 24.0 Å². The van der Waals surface area contributed by atoms with Gasteiger partial charge >= 0.3 is 0 Å². The summed E-state index contributed by atoms with van der Waals surface area (Å²) < 4.78 is 10.8. The lowest BCUT2D eigenvalue weighted by Gasteiger charge is -2.30. The van der Waals surface area contributed by atoms with Gasteiger partial charge in [0, 0.05) is 11.3 Å². The predicted octanol–water partition coefficient (Wildman–Crippen LogP) is 4.25. The summed E-state index contributed by atoms with van der Waals surface area (Å²) in [6.07, 6.45) is 3.05. The third kappa shape index (κ3) is 3.45. The lowest BCUT2D eigenvalue weighted by molar-refractivity contribution is 0.353. The smallest absolute Gasteiger partial charge is 0.161 e. The molecule has 0 unspecified atom stereocenters. The van der Waals surface area contributed by atoms with E-state index in [4.69, 9.17) is 14.5 Å². The average molecular weight is 389 g/mol. The highest BCUT2D eigenvalue weighted by Gasteiger charge is 2.27. The maximum Gasteiger partial charge on any atom is 0.161 e. The van der Waals surface area contributed by atoms with Crippen molar-refractivity contribution in [2.75, 3.05) is 14.2 Å². The normalized spacial score (nSPS) is 15.8. The van der Waals surface area contributed by atoms with Crippen molar-refractivity contribution in [2.45, 2.75) is 45.6 Å². The highest BCUT2D eigenvalue weighted by Crippen LogP contribution is 2.36. The zero-order valence-electron chi connectivity index (χ0n) is 12.9. The van der Waals surface area contributed by atoms with Crippen molar-refractivity contribution in [1.29, 1.82) is 0 Å². The van der Waals surface area contributed by atoms with Crippen molar-refractivity contribution in [1.82, 2.24) is 0 Å². The third-order valence-corrected chi connectivity index (χ3v) is 3.47. The average Bonchev–Trinajstić information content (AvgIpc) is 2.36. The van der Waals surface area contributed by atoms with Gasteiger partial charge in [-0.15, -0.1) is 24.0 Å². The van der Waals surface area contributed by atoms with Gasteiger partial charge in [0.2, 0.25) is 0 Å². The Kier molecular flexibility index (Phi) is 5.86. The summed E-state index contributed by atoms with van der Waals surface area (Å²) in [5.41, 5.74) is 3.69. The summed E-state index contributed by atoms with van der Waals surface area (Å²) in [6, 6.07) is 4.16. The van der Waals surface area contributed by atoms with Crippen LogP contribution in [0.2, 0.25) is 0 Å². The minimum Gasteiger partial charge on any atom is -0.493 e. The van der Waals surface area contributed by atoms with Crippen LogP contribution in [0.3, 0.4) is 0 Å². The number of benzene rings is 1. The van der Waals surface area contributed by atoms with Crippen molar-refractivity contribution in [3.8, 4) is 11.5 Å². The first kappa shape index (κ1) is 17.3. The number of methoxy groups -OCH3 is 2. The first-order valence-corrected chi connectivity index (χ1v) is 6.84. The number of rotatable bonds is 4. The molecule has 0 amide bonds. The number of aliphatic imine (C=N–C) groups is 1. The SMILES string of the molecule is CCCC1=NC(C)(C)Cc2cc(OC)c(OC)cc21.I. The second kappa shape index (κ2) is 6.78. The standard InChI is InChI=1S/C16H23NO2.HI/c1-6-7-13-12-9-15(19-5)14(18-4)8-11(12)10-16(2,3)17-13;/h8-9H,6-7,10H2,1-5H3;1H. The molecule has 0 saturated carbocycles. The fourth-order valence-electron chi connectivity index (χ4n) is 2.69. The van der Waals surface area contributed by atoms with Crippen LogP contribution in [-0.4, -0.2) is 25.5 Å². The van der Waals surface area contributed by atoms with Crippen LogP contribution in [-0.2, 0) is 6.42 Å². The number of nitrogens with zero attached hydrogens (tertiary/aromatic N) is 1. The lowest BCUT2D eigenvalue weighted by atomic mass is 9.85. The molecule has 0 aliphatic carbocycles. The summed E-state index contributed by atoms with van der Waals surface area (Å²) in [5.74, 6) is 1.58. The van der Waals surface area contributed by atoms with E-state index in [1.54, 1.807) is 14.2 Å². The zero-order chi connectivity index (χ0) is 14.0. The molecule has 1 aliphatic heterocycles. The second-order valence-corrected chi connectivity index (χ2v) is 5.66. The number of ether oxygens (including phenoxy) is 2. The molecule has 1 heterocycles.